The fourth-order valence-electron chi connectivity index (χ4n) is 1.34. The summed E-state index contributed by atoms with van der Waals surface area (Å²) in [6, 6.07) is 7.60. The Kier molecular flexibility index (Phi) is 5.61. The summed E-state index contributed by atoms with van der Waals surface area (Å²) in [5.41, 5.74) is 0.609. The first-order chi connectivity index (χ1) is 8.60. The highest BCUT2D eigenvalue weighted by atomic mass is 35.5. The minimum absolute atomic E-state index is 0.545. The van der Waals surface area contributed by atoms with Crippen LogP contribution in [0.4, 0.5) is 0 Å². The number of nitrogens with one attached hydrogen (secondary N) is 1. The zero-order chi connectivity index (χ0) is 13.5. The van der Waals surface area contributed by atoms with E-state index in [-0.39, 0.29) is 0 Å². The molecule has 0 aliphatic carbocycles. The molecule has 0 saturated heterocycles. The molecule has 0 aliphatic heterocycles. The molecule has 98 valence electrons. The van der Waals surface area contributed by atoms with Gasteiger partial charge in [-0.05, 0) is 5.56 Å². The number of hydrogen-bond donors (Lipinski definition) is 2. The van der Waals surface area contributed by atoms with E-state index in [9.17, 15) is 9.59 Å². The number of ether oxygens (including phenoxy) is 1. The van der Waals surface area contributed by atoms with Crippen LogP contribution in [0.15, 0.2) is 30.3 Å². The number of aliphatic hydroxyl groups excluding tert-OH is 1. The Hall–Kier alpha value is -1.59. The summed E-state index contributed by atoms with van der Waals surface area (Å²) >= 11 is 5.96. The molecule has 1 amide bonds. The van der Waals surface area contributed by atoms with E-state index in [2.05, 4.69) is 10.1 Å². The summed E-state index contributed by atoms with van der Waals surface area (Å²) in [6.45, 7) is -0.545. The molecular formula is C12H14ClNO4. The summed E-state index contributed by atoms with van der Waals surface area (Å²) in [5, 5.41) is 10.4. The van der Waals surface area contributed by atoms with E-state index in [1.165, 1.54) is 7.11 Å². The molecule has 0 aromatic heterocycles. The fraction of sp³-hybridized carbons (Fsp3) is 0.333. The van der Waals surface area contributed by atoms with Crippen LogP contribution >= 0.6 is 11.6 Å². The Balaban J connectivity index is 2.67. The maximum atomic E-state index is 11.8. The Labute approximate surface area is 110 Å². The van der Waals surface area contributed by atoms with Crippen molar-refractivity contribution >= 4 is 23.5 Å². The molecule has 2 atom stereocenters. The molecule has 0 spiro atoms. The monoisotopic (exact) mass is 271 g/mol. The Bertz CT molecular complexity index is 410. The van der Waals surface area contributed by atoms with Gasteiger partial charge in [0.1, 0.15) is 5.38 Å². The average molecular weight is 272 g/mol. The summed E-state index contributed by atoms with van der Waals surface area (Å²) in [7, 11) is 1.17. The Morgan fingerprint density at radius 1 is 1.39 bits per heavy atom. The van der Waals surface area contributed by atoms with Gasteiger partial charge in [0.05, 0.1) is 13.7 Å². The molecule has 2 unspecified atom stereocenters. The highest BCUT2D eigenvalue weighted by Crippen LogP contribution is 2.20. The van der Waals surface area contributed by atoms with E-state index in [0.29, 0.717) is 5.56 Å². The highest BCUT2D eigenvalue weighted by Gasteiger charge is 2.25. The number of hydrogen-bond acceptors (Lipinski definition) is 4. The first kappa shape index (κ1) is 14.5. The van der Waals surface area contributed by atoms with E-state index in [1.54, 1.807) is 30.3 Å². The number of methoxy groups -OCH3 is 1. The maximum Gasteiger partial charge on any atom is 0.330 e. The Morgan fingerprint density at radius 2 is 2.00 bits per heavy atom. The highest BCUT2D eigenvalue weighted by molar-refractivity contribution is 6.30. The van der Waals surface area contributed by atoms with Gasteiger partial charge in [0.25, 0.3) is 0 Å². The third kappa shape index (κ3) is 3.72. The molecule has 0 saturated carbocycles. The predicted molar refractivity (Wildman–Crippen MR) is 66.1 cm³/mol. The minimum atomic E-state index is -1.10. The van der Waals surface area contributed by atoms with Gasteiger partial charge in [0, 0.05) is 0 Å². The number of carbonyl (C=O) groups is 2. The second-order valence-corrected chi connectivity index (χ2v) is 3.98. The standard InChI is InChI=1S/C12H14ClNO4/c1-18-12(17)9(7-15)14-11(16)10(13)8-5-3-2-4-6-8/h2-6,9-10,15H,7H2,1H3,(H,14,16). The number of benzene rings is 1. The molecule has 0 fully saturated rings. The summed E-state index contributed by atoms with van der Waals surface area (Å²) < 4.78 is 4.43. The lowest BCUT2D eigenvalue weighted by Crippen LogP contribution is -2.45. The largest absolute Gasteiger partial charge is 0.467 e. The molecule has 1 rings (SSSR count). The zero-order valence-corrected chi connectivity index (χ0v) is 10.6. The summed E-state index contributed by atoms with van der Waals surface area (Å²) in [6.07, 6.45) is 0. The van der Waals surface area contributed by atoms with Crippen LogP contribution in [0.1, 0.15) is 10.9 Å². The smallest absolute Gasteiger partial charge is 0.330 e. The van der Waals surface area contributed by atoms with E-state index in [4.69, 9.17) is 16.7 Å². The van der Waals surface area contributed by atoms with Crippen molar-refractivity contribution in [2.75, 3.05) is 13.7 Å². The Morgan fingerprint density at radius 3 is 2.50 bits per heavy atom. The SMILES string of the molecule is COC(=O)C(CO)NC(=O)C(Cl)c1ccccc1. The third-order valence-corrected chi connectivity index (χ3v) is 2.76. The first-order valence-corrected chi connectivity index (χ1v) is 5.72. The van der Waals surface area contributed by atoms with Crippen molar-refractivity contribution in [1.82, 2.24) is 5.32 Å². The molecule has 1 aromatic rings. The van der Waals surface area contributed by atoms with Gasteiger partial charge < -0.3 is 15.2 Å². The quantitative estimate of drug-likeness (QED) is 0.608. The van der Waals surface area contributed by atoms with Crippen LogP contribution in [0, 0.1) is 0 Å². The van der Waals surface area contributed by atoms with Gasteiger partial charge in [-0.15, -0.1) is 11.6 Å². The molecule has 6 heteroatoms. The number of alkyl halides is 1. The number of rotatable bonds is 5. The van der Waals surface area contributed by atoms with Crippen molar-refractivity contribution < 1.29 is 19.4 Å². The number of carbonyl (C=O) groups excluding carboxylic acids is 2. The van der Waals surface area contributed by atoms with E-state index in [1.807, 2.05) is 0 Å². The van der Waals surface area contributed by atoms with Gasteiger partial charge in [0.2, 0.25) is 5.91 Å². The van der Waals surface area contributed by atoms with Gasteiger partial charge in [-0.3, -0.25) is 4.79 Å². The molecule has 0 heterocycles. The number of halogens is 1. The third-order valence-electron chi connectivity index (χ3n) is 2.31. The van der Waals surface area contributed by atoms with Crippen molar-refractivity contribution in [3.05, 3.63) is 35.9 Å². The van der Waals surface area contributed by atoms with Crippen LogP contribution < -0.4 is 5.32 Å². The molecular weight excluding hydrogens is 258 g/mol. The summed E-state index contributed by atoms with van der Waals surface area (Å²) in [4.78, 5) is 23.0. The molecule has 0 bridgehead atoms. The lowest BCUT2D eigenvalue weighted by Gasteiger charge is -2.16. The van der Waals surface area contributed by atoms with Gasteiger partial charge in [-0.25, -0.2) is 4.79 Å². The molecule has 1 aromatic carbocycles. The zero-order valence-electron chi connectivity index (χ0n) is 9.80. The topological polar surface area (TPSA) is 75.6 Å². The molecule has 5 nitrogen and oxygen atoms in total. The van der Waals surface area contributed by atoms with E-state index in [0.717, 1.165) is 0 Å². The average Bonchev–Trinajstić information content (AvgIpc) is 2.43. The van der Waals surface area contributed by atoms with Gasteiger partial charge in [0.15, 0.2) is 6.04 Å². The minimum Gasteiger partial charge on any atom is -0.467 e. The van der Waals surface area contributed by atoms with E-state index < -0.39 is 29.9 Å². The van der Waals surface area contributed by atoms with Crippen molar-refractivity contribution in [2.45, 2.75) is 11.4 Å². The fourth-order valence-corrected chi connectivity index (χ4v) is 1.55. The van der Waals surface area contributed by atoms with Crippen molar-refractivity contribution in [2.24, 2.45) is 0 Å². The number of aliphatic hydroxyl groups is 1. The molecule has 18 heavy (non-hydrogen) atoms. The van der Waals surface area contributed by atoms with Crippen LogP contribution in [0.5, 0.6) is 0 Å². The number of esters is 1. The van der Waals surface area contributed by atoms with Crippen molar-refractivity contribution in [3.63, 3.8) is 0 Å². The summed E-state index contributed by atoms with van der Waals surface area (Å²) in [5.74, 6) is -1.28. The molecule has 0 radical (unpaired) electrons. The van der Waals surface area contributed by atoms with Gasteiger partial charge in [-0.2, -0.15) is 0 Å². The van der Waals surface area contributed by atoms with Gasteiger partial charge in [-0.1, -0.05) is 30.3 Å². The molecule has 0 aliphatic rings. The predicted octanol–water partition coefficient (Wildman–Crippen LogP) is 0.617. The number of amides is 1. The lowest BCUT2D eigenvalue weighted by molar-refractivity contribution is -0.146. The van der Waals surface area contributed by atoms with Crippen LogP contribution in [-0.2, 0) is 14.3 Å². The van der Waals surface area contributed by atoms with Crippen molar-refractivity contribution in [1.29, 1.82) is 0 Å². The van der Waals surface area contributed by atoms with Gasteiger partial charge >= 0.3 is 5.97 Å². The molecule has 2 N–H and O–H groups in total. The van der Waals surface area contributed by atoms with Crippen LogP contribution in [0.3, 0.4) is 0 Å². The second-order valence-electron chi connectivity index (χ2n) is 3.54. The van der Waals surface area contributed by atoms with Crippen LogP contribution in [0.25, 0.3) is 0 Å². The first-order valence-electron chi connectivity index (χ1n) is 5.28. The van der Waals surface area contributed by atoms with E-state index >= 15 is 0 Å². The normalized spacial score (nSPS) is 13.5. The van der Waals surface area contributed by atoms with Crippen LogP contribution in [0.2, 0.25) is 0 Å². The van der Waals surface area contributed by atoms with Crippen molar-refractivity contribution in [3.8, 4) is 0 Å². The maximum absolute atomic E-state index is 11.8. The second kappa shape index (κ2) is 6.98. The lowest BCUT2D eigenvalue weighted by atomic mass is 10.1. The van der Waals surface area contributed by atoms with Crippen LogP contribution in [-0.4, -0.2) is 36.7 Å².